The SMILES string of the molecule is Cc1cc(Nc2cc(C(C)C)nc(Cl)n2)n[nH]1. The molecular weight excluding hydrogens is 238 g/mol. The fourth-order valence-electron chi connectivity index (χ4n) is 1.41. The third kappa shape index (κ3) is 2.94. The number of rotatable bonds is 3. The van der Waals surface area contributed by atoms with Gasteiger partial charge in [0.25, 0.3) is 0 Å². The largest absolute Gasteiger partial charge is 0.323 e. The van der Waals surface area contributed by atoms with E-state index in [0.29, 0.717) is 17.6 Å². The standard InChI is InChI=1S/C11H14ClN5/c1-6(2)8-5-9(15-11(12)13-8)14-10-4-7(3)16-17-10/h4-6H,1-3H3,(H2,13,14,15,16,17). The Balaban J connectivity index is 2.26. The van der Waals surface area contributed by atoms with Gasteiger partial charge < -0.3 is 5.32 Å². The molecule has 0 saturated carbocycles. The molecule has 0 unspecified atom stereocenters. The van der Waals surface area contributed by atoms with Crippen LogP contribution >= 0.6 is 11.6 Å². The summed E-state index contributed by atoms with van der Waals surface area (Å²) in [5.41, 5.74) is 1.89. The quantitative estimate of drug-likeness (QED) is 0.823. The lowest BCUT2D eigenvalue weighted by atomic mass is 10.1. The van der Waals surface area contributed by atoms with E-state index in [1.807, 2.05) is 19.1 Å². The number of H-pyrrole nitrogens is 1. The smallest absolute Gasteiger partial charge is 0.224 e. The number of nitrogens with one attached hydrogen (secondary N) is 2. The summed E-state index contributed by atoms with van der Waals surface area (Å²) in [5, 5.41) is 10.3. The highest BCUT2D eigenvalue weighted by Crippen LogP contribution is 2.20. The topological polar surface area (TPSA) is 66.5 Å². The first-order chi connectivity index (χ1) is 8.04. The van der Waals surface area contributed by atoms with Gasteiger partial charge in [-0.1, -0.05) is 13.8 Å². The molecule has 0 aliphatic heterocycles. The van der Waals surface area contributed by atoms with Crippen LogP contribution in [0.2, 0.25) is 5.28 Å². The Kier molecular flexibility index (Phi) is 3.28. The second kappa shape index (κ2) is 4.71. The predicted octanol–water partition coefficient (Wildman–Crippen LogP) is 3.03. The number of aromatic nitrogens is 4. The molecule has 0 aromatic carbocycles. The van der Waals surface area contributed by atoms with Crippen LogP contribution in [0.25, 0.3) is 0 Å². The molecule has 0 fully saturated rings. The maximum Gasteiger partial charge on any atom is 0.224 e. The second-order valence-electron chi connectivity index (χ2n) is 4.16. The normalized spacial score (nSPS) is 10.9. The summed E-state index contributed by atoms with van der Waals surface area (Å²) in [4.78, 5) is 8.28. The van der Waals surface area contributed by atoms with Crippen LogP contribution in [0.5, 0.6) is 0 Å². The number of aromatic amines is 1. The third-order valence-electron chi connectivity index (χ3n) is 2.27. The summed E-state index contributed by atoms with van der Waals surface area (Å²) < 4.78 is 0. The molecule has 2 aromatic heterocycles. The Morgan fingerprint density at radius 1 is 1.24 bits per heavy atom. The van der Waals surface area contributed by atoms with Gasteiger partial charge in [-0.15, -0.1) is 0 Å². The lowest BCUT2D eigenvalue weighted by Crippen LogP contribution is -2.00. The maximum absolute atomic E-state index is 5.88. The lowest BCUT2D eigenvalue weighted by Gasteiger charge is -2.07. The molecule has 0 aliphatic carbocycles. The molecule has 0 radical (unpaired) electrons. The van der Waals surface area contributed by atoms with Crippen LogP contribution in [0.15, 0.2) is 12.1 Å². The predicted molar refractivity (Wildman–Crippen MR) is 67.7 cm³/mol. The molecular formula is C11H14ClN5. The van der Waals surface area contributed by atoms with Gasteiger partial charge in [-0.05, 0) is 24.4 Å². The Labute approximate surface area is 105 Å². The molecule has 2 heterocycles. The molecule has 17 heavy (non-hydrogen) atoms. The van der Waals surface area contributed by atoms with Gasteiger partial charge in [-0.2, -0.15) is 5.10 Å². The Bertz CT molecular complexity index is 520. The maximum atomic E-state index is 5.88. The van der Waals surface area contributed by atoms with E-state index in [-0.39, 0.29) is 5.28 Å². The molecule has 0 atom stereocenters. The van der Waals surface area contributed by atoms with Crippen LogP contribution in [0.3, 0.4) is 0 Å². The fraction of sp³-hybridized carbons (Fsp3) is 0.364. The van der Waals surface area contributed by atoms with Crippen molar-refractivity contribution >= 4 is 23.2 Å². The summed E-state index contributed by atoms with van der Waals surface area (Å²) in [6.07, 6.45) is 0. The number of anilines is 2. The van der Waals surface area contributed by atoms with Crippen molar-refractivity contribution in [1.82, 2.24) is 20.2 Å². The van der Waals surface area contributed by atoms with E-state index in [1.54, 1.807) is 0 Å². The molecule has 6 heteroatoms. The van der Waals surface area contributed by atoms with Crippen molar-refractivity contribution < 1.29 is 0 Å². The Morgan fingerprint density at radius 3 is 2.59 bits per heavy atom. The van der Waals surface area contributed by atoms with E-state index in [1.165, 1.54) is 0 Å². The zero-order chi connectivity index (χ0) is 12.4. The number of hydrogen-bond donors (Lipinski definition) is 2. The Morgan fingerprint density at radius 2 is 2.00 bits per heavy atom. The fourth-order valence-corrected chi connectivity index (χ4v) is 1.60. The van der Waals surface area contributed by atoms with E-state index >= 15 is 0 Å². The molecule has 0 aliphatic rings. The van der Waals surface area contributed by atoms with Crippen LogP contribution in [-0.2, 0) is 0 Å². The van der Waals surface area contributed by atoms with Crippen molar-refractivity contribution in [2.75, 3.05) is 5.32 Å². The van der Waals surface area contributed by atoms with Crippen LogP contribution in [0, 0.1) is 6.92 Å². The molecule has 90 valence electrons. The molecule has 2 N–H and O–H groups in total. The summed E-state index contributed by atoms with van der Waals surface area (Å²) in [7, 11) is 0. The van der Waals surface area contributed by atoms with Crippen molar-refractivity contribution in [2.24, 2.45) is 0 Å². The van der Waals surface area contributed by atoms with Gasteiger partial charge in [0.1, 0.15) is 5.82 Å². The summed E-state index contributed by atoms with van der Waals surface area (Å²) >= 11 is 5.88. The number of halogens is 1. The van der Waals surface area contributed by atoms with Crippen molar-refractivity contribution in [3.63, 3.8) is 0 Å². The summed E-state index contributed by atoms with van der Waals surface area (Å²) in [6.45, 7) is 6.05. The minimum atomic E-state index is 0.242. The number of aryl methyl sites for hydroxylation is 1. The molecule has 2 rings (SSSR count). The van der Waals surface area contributed by atoms with E-state index in [2.05, 4.69) is 39.3 Å². The van der Waals surface area contributed by atoms with Crippen molar-refractivity contribution in [2.45, 2.75) is 26.7 Å². The zero-order valence-electron chi connectivity index (χ0n) is 9.95. The van der Waals surface area contributed by atoms with Crippen molar-refractivity contribution in [1.29, 1.82) is 0 Å². The molecule has 0 bridgehead atoms. The first kappa shape index (κ1) is 11.9. The van der Waals surface area contributed by atoms with Crippen molar-refractivity contribution in [3.05, 3.63) is 28.8 Å². The van der Waals surface area contributed by atoms with Gasteiger partial charge in [0, 0.05) is 17.8 Å². The van der Waals surface area contributed by atoms with Gasteiger partial charge in [0.2, 0.25) is 5.28 Å². The first-order valence-electron chi connectivity index (χ1n) is 5.38. The van der Waals surface area contributed by atoms with Gasteiger partial charge in [0.15, 0.2) is 5.82 Å². The molecule has 5 nitrogen and oxygen atoms in total. The van der Waals surface area contributed by atoms with Gasteiger partial charge in [-0.3, -0.25) is 5.10 Å². The van der Waals surface area contributed by atoms with Gasteiger partial charge in [-0.25, -0.2) is 9.97 Å². The minimum Gasteiger partial charge on any atom is -0.323 e. The van der Waals surface area contributed by atoms with E-state index in [9.17, 15) is 0 Å². The van der Waals surface area contributed by atoms with E-state index in [4.69, 9.17) is 11.6 Å². The zero-order valence-corrected chi connectivity index (χ0v) is 10.7. The highest BCUT2D eigenvalue weighted by atomic mass is 35.5. The highest BCUT2D eigenvalue weighted by molar-refractivity contribution is 6.28. The monoisotopic (exact) mass is 251 g/mol. The average Bonchev–Trinajstić information content (AvgIpc) is 2.63. The van der Waals surface area contributed by atoms with Gasteiger partial charge in [0.05, 0.1) is 5.69 Å². The highest BCUT2D eigenvalue weighted by Gasteiger charge is 2.07. The number of hydrogen-bond acceptors (Lipinski definition) is 4. The molecule has 0 spiro atoms. The molecule has 2 aromatic rings. The molecule has 0 amide bonds. The second-order valence-corrected chi connectivity index (χ2v) is 4.50. The van der Waals surface area contributed by atoms with Crippen LogP contribution in [0.4, 0.5) is 11.6 Å². The molecule has 0 saturated heterocycles. The van der Waals surface area contributed by atoms with Crippen LogP contribution in [-0.4, -0.2) is 20.2 Å². The van der Waals surface area contributed by atoms with Crippen molar-refractivity contribution in [3.8, 4) is 0 Å². The minimum absolute atomic E-state index is 0.242. The Hall–Kier alpha value is -1.62. The van der Waals surface area contributed by atoms with Crippen LogP contribution < -0.4 is 5.32 Å². The third-order valence-corrected chi connectivity index (χ3v) is 2.44. The summed E-state index contributed by atoms with van der Waals surface area (Å²) in [6, 6.07) is 3.77. The summed E-state index contributed by atoms with van der Waals surface area (Å²) in [5.74, 6) is 1.67. The lowest BCUT2D eigenvalue weighted by molar-refractivity contribution is 0.815. The van der Waals surface area contributed by atoms with E-state index < -0.39 is 0 Å². The van der Waals surface area contributed by atoms with Gasteiger partial charge >= 0.3 is 0 Å². The number of nitrogens with zero attached hydrogens (tertiary/aromatic N) is 3. The van der Waals surface area contributed by atoms with E-state index in [0.717, 1.165) is 11.4 Å². The first-order valence-corrected chi connectivity index (χ1v) is 5.76. The average molecular weight is 252 g/mol. The van der Waals surface area contributed by atoms with Crippen LogP contribution in [0.1, 0.15) is 31.2 Å².